The molecule has 4 fully saturated rings. The lowest BCUT2D eigenvalue weighted by molar-refractivity contribution is -0.138. The molecule has 4 aromatic carbocycles. The fraction of sp³-hybridized carbons (Fsp3) is 0.469. The third-order valence-electron chi connectivity index (χ3n) is 19.3. The van der Waals surface area contributed by atoms with Crippen LogP contribution in [0.1, 0.15) is 90.7 Å². The summed E-state index contributed by atoms with van der Waals surface area (Å²) in [7, 11) is 0. The number of nitrogens with one attached hydrogen (secondary N) is 4. The van der Waals surface area contributed by atoms with Gasteiger partial charge in [-0.25, -0.2) is 14.0 Å². The Morgan fingerprint density at radius 3 is 0.977 bits per heavy atom. The summed E-state index contributed by atoms with van der Waals surface area (Å²) < 4.78 is 5.05. The van der Waals surface area contributed by atoms with Crippen molar-refractivity contribution in [3.05, 3.63) is 179 Å². The lowest BCUT2D eigenvalue weighted by atomic mass is 9.85. The van der Waals surface area contributed by atoms with Crippen LogP contribution in [0.15, 0.2) is 150 Å². The number of carbonyl (C=O) groups is 4. The van der Waals surface area contributed by atoms with Crippen LogP contribution in [0.5, 0.6) is 0 Å². The SMILES string of the molecule is O=C1NCc2cn(nn2)C2(CCN(Cc3ccccc3)CC2)C(=O)NCc2cn(nn2)C2(CCN(Cc3ccccc3)CC2)C(=O)NCc2cn(nn2)C2(CCN(Cc3ccccc3)CC2)C(=O)NCC2CN(N=N2)C12CCN(Cc1ccccc1)CC2. The molecule has 8 bridgehead atoms. The van der Waals surface area contributed by atoms with E-state index in [4.69, 9.17) is 10.3 Å². The summed E-state index contributed by atoms with van der Waals surface area (Å²) in [4.78, 5) is 69.7. The van der Waals surface area contributed by atoms with Gasteiger partial charge in [-0.1, -0.05) is 142 Å². The third kappa shape index (κ3) is 12.3. The molecular formula is C64H78N20O4. The van der Waals surface area contributed by atoms with Crippen molar-refractivity contribution in [2.45, 2.75) is 125 Å². The van der Waals surface area contributed by atoms with Gasteiger partial charge in [-0.2, -0.15) is 5.11 Å². The molecule has 6 aliphatic rings. The average molecular weight is 1190 g/mol. The summed E-state index contributed by atoms with van der Waals surface area (Å²) in [5, 5.41) is 52.0. The zero-order valence-corrected chi connectivity index (χ0v) is 49.8. The van der Waals surface area contributed by atoms with Gasteiger partial charge in [0.2, 0.25) is 23.6 Å². The van der Waals surface area contributed by atoms with Gasteiger partial charge in [0.05, 0.1) is 44.8 Å². The summed E-state index contributed by atoms with van der Waals surface area (Å²) >= 11 is 0. The summed E-state index contributed by atoms with van der Waals surface area (Å²) in [6.07, 6.45) is 9.02. The average Bonchev–Trinajstić information content (AvgIpc) is 2.45. The predicted octanol–water partition coefficient (Wildman–Crippen LogP) is 3.90. The molecule has 0 saturated carbocycles. The van der Waals surface area contributed by atoms with Crippen molar-refractivity contribution in [3.8, 4) is 0 Å². The van der Waals surface area contributed by atoms with Gasteiger partial charge in [-0.05, 0) is 73.6 Å². The fourth-order valence-electron chi connectivity index (χ4n) is 13.9. The normalized spacial score (nSPS) is 22.2. The largest absolute Gasteiger partial charge is 0.352 e. The Hall–Kier alpha value is -8.58. The molecule has 88 heavy (non-hydrogen) atoms. The number of benzene rings is 4. The van der Waals surface area contributed by atoms with Crippen LogP contribution in [0.4, 0.5) is 0 Å². The Morgan fingerprint density at radius 1 is 0.375 bits per heavy atom. The van der Waals surface area contributed by atoms with Crippen molar-refractivity contribution in [1.29, 1.82) is 0 Å². The van der Waals surface area contributed by atoms with Crippen LogP contribution in [0.25, 0.3) is 0 Å². The molecule has 7 aromatic rings. The molecular weight excluding hydrogens is 1110 g/mol. The number of piperidine rings is 4. The summed E-state index contributed by atoms with van der Waals surface area (Å²) in [6.45, 7) is 8.64. The first-order valence-corrected chi connectivity index (χ1v) is 31.2. The van der Waals surface area contributed by atoms with Crippen molar-refractivity contribution in [2.75, 3.05) is 65.4 Å². The lowest BCUT2D eigenvalue weighted by Gasteiger charge is -2.44. The number of hydrogen-bond donors (Lipinski definition) is 4. The first kappa shape index (κ1) is 58.4. The molecule has 24 heteroatoms. The Morgan fingerprint density at radius 2 is 0.659 bits per heavy atom. The molecule has 1 unspecified atom stereocenters. The first-order valence-electron chi connectivity index (χ1n) is 31.2. The maximum Gasteiger partial charge on any atom is 0.248 e. The number of hydrogen-bond acceptors (Lipinski definition) is 17. The Kier molecular flexibility index (Phi) is 17.0. The van der Waals surface area contributed by atoms with Gasteiger partial charge in [0.1, 0.15) is 45.3 Å². The molecule has 9 heterocycles. The summed E-state index contributed by atoms with van der Waals surface area (Å²) in [6, 6.07) is 40.8. The smallest absolute Gasteiger partial charge is 0.248 e. The molecule has 4 N–H and O–H groups in total. The highest BCUT2D eigenvalue weighted by Crippen LogP contribution is 2.37. The molecule has 4 amide bonds. The van der Waals surface area contributed by atoms with E-state index in [0.717, 1.165) is 26.2 Å². The van der Waals surface area contributed by atoms with E-state index in [2.05, 4.69) is 120 Å². The highest BCUT2D eigenvalue weighted by molar-refractivity contribution is 5.87. The van der Waals surface area contributed by atoms with Crippen LogP contribution >= 0.6 is 0 Å². The number of rotatable bonds is 8. The van der Waals surface area contributed by atoms with E-state index in [0.29, 0.717) is 127 Å². The number of amides is 4. The maximum atomic E-state index is 15.1. The van der Waals surface area contributed by atoms with Gasteiger partial charge in [-0.3, -0.25) is 43.8 Å². The van der Waals surface area contributed by atoms with E-state index in [1.165, 1.54) is 22.3 Å². The number of aromatic nitrogens is 9. The van der Waals surface area contributed by atoms with Crippen molar-refractivity contribution >= 4 is 23.6 Å². The zero-order valence-electron chi connectivity index (χ0n) is 49.8. The molecule has 0 aliphatic carbocycles. The third-order valence-corrected chi connectivity index (χ3v) is 19.3. The second kappa shape index (κ2) is 25.6. The Bertz CT molecular complexity index is 3530. The second-order valence-electron chi connectivity index (χ2n) is 24.8. The standard InChI is InChI=1S/C64H78N20O4/c85-57-61(21-29-77(30-22-61)41-49-13-5-1-6-14-49)81-45-53(69-73-81)38-66-58(86)62(23-31-78(32-24-62)42-50-15-7-2-8-16-50)83-47-55(71-75-83)40-68-60(88)64(27-35-80(36-28-64)44-52-19-11-4-12-20-52)84-48-56(72-76-84)39-67-59(87)63(82-46-54(37-65-57)70-74-82)25-33-79(34-26-63)43-51-17-9-3-10-18-51/h1-20,45-47,56H,21-44,48H2,(H,65,85)(H,66,86)(H,67,87)(H,68,88). The van der Waals surface area contributed by atoms with Crippen molar-refractivity contribution in [3.63, 3.8) is 0 Å². The van der Waals surface area contributed by atoms with Gasteiger partial charge in [-0.15, -0.1) is 15.3 Å². The maximum absolute atomic E-state index is 15.1. The van der Waals surface area contributed by atoms with Crippen LogP contribution in [0, 0.1) is 0 Å². The van der Waals surface area contributed by atoms with Gasteiger partial charge < -0.3 is 21.3 Å². The van der Waals surface area contributed by atoms with E-state index >= 15 is 19.2 Å². The molecule has 6 aliphatic heterocycles. The summed E-state index contributed by atoms with van der Waals surface area (Å²) in [5.74, 6) is -0.888. The minimum Gasteiger partial charge on any atom is -0.352 e. The zero-order chi connectivity index (χ0) is 60.0. The van der Waals surface area contributed by atoms with Crippen LogP contribution < -0.4 is 21.3 Å². The van der Waals surface area contributed by atoms with Crippen LogP contribution in [0.2, 0.25) is 0 Å². The number of carbonyl (C=O) groups excluding carboxylic acids is 4. The highest BCUT2D eigenvalue weighted by atomic mass is 16.2. The minimum atomic E-state index is -1.13. The monoisotopic (exact) mass is 1190 g/mol. The van der Waals surface area contributed by atoms with E-state index < -0.39 is 28.2 Å². The van der Waals surface area contributed by atoms with E-state index in [9.17, 15) is 0 Å². The molecule has 13 rings (SSSR count). The van der Waals surface area contributed by atoms with Crippen molar-refractivity contribution < 1.29 is 19.2 Å². The predicted molar refractivity (Wildman–Crippen MR) is 324 cm³/mol. The Balaban J connectivity index is 0.799. The van der Waals surface area contributed by atoms with Crippen molar-refractivity contribution in [1.82, 2.24) is 90.9 Å². The molecule has 4 saturated heterocycles. The van der Waals surface area contributed by atoms with Crippen LogP contribution in [-0.4, -0.2) is 170 Å². The highest BCUT2D eigenvalue weighted by Gasteiger charge is 2.51. The van der Waals surface area contributed by atoms with Crippen LogP contribution in [-0.2, 0) is 81.6 Å². The van der Waals surface area contributed by atoms with E-state index in [1.807, 2.05) is 77.8 Å². The van der Waals surface area contributed by atoms with Gasteiger partial charge >= 0.3 is 0 Å². The molecule has 24 nitrogen and oxygen atoms in total. The molecule has 1 atom stereocenters. The Labute approximate surface area is 512 Å². The van der Waals surface area contributed by atoms with Crippen LogP contribution in [0.3, 0.4) is 0 Å². The fourth-order valence-corrected chi connectivity index (χ4v) is 13.9. The summed E-state index contributed by atoms with van der Waals surface area (Å²) in [5.41, 5.74) is 1.85. The number of likely N-dealkylation sites (tertiary alicyclic amines) is 4. The molecule has 4 spiro atoms. The van der Waals surface area contributed by atoms with E-state index in [-0.39, 0.29) is 49.8 Å². The molecule has 458 valence electrons. The quantitative estimate of drug-likeness (QED) is 0.169. The first-order chi connectivity index (χ1) is 43.0. The van der Waals surface area contributed by atoms with Gasteiger partial charge in [0.25, 0.3) is 0 Å². The lowest BCUT2D eigenvalue weighted by Crippen LogP contribution is -2.62. The minimum absolute atomic E-state index is 0.0474. The topological polar surface area (TPSA) is 249 Å². The number of nitrogens with zero attached hydrogens (tertiary/aromatic N) is 16. The van der Waals surface area contributed by atoms with Gasteiger partial charge in [0.15, 0.2) is 0 Å². The molecule has 0 radical (unpaired) electrons. The van der Waals surface area contributed by atoms with Crippen molar-refractivity contribution in [2.24, 2.45) is 10.3 Å². The molecule has 3 aromatic heterocycles. The van der Waals surface area contributed by atoms with Gasteiger partial charge in [0, 0.05) is 85.1 Å². The number of fused-ring (bicyclic) bond motifs is 12. The second-order valence-corrected chi connectivity index (χ2v) is 24.8. The van der Waals surface area contributed by atoms with E-state index in [1.54, 1.807) is 32.6 Å².